The number of pyridine rings is 1. The predicted molar refractivity (Wildman–Crippen MR) is 60.7 cm³/mol. The summed E-state index contributed by atoms with van der Waals surface area (Å²) in [6.07, 6.45) is 3.32. The van der Waals surface area contributed by atoms with Crippen LogP contribution in [0.25, 0.3) is 11.3 Å². The van der Waals surface area contributed by atoms with Crippen LogP contribution in [0.3, 0.4) is 0 Å². The highest BCUT2D eigenvalue weighted by Crippen LogP contribution is 2.28. The van der Waals surface area contributed by atoms with Crippen molar-refractivity contribution in [1.29, 1.82) is 5.26 Å². The number of nitrogens with zero attached hydrogens (tertiary/aromatic N) is 2. The zero-order valence-electron chi connectivity index (χ0n) is 9.27. The average molecular weight is 212 g/mol. The zero-order valence-corrected chi connectivity index (χ0v) is 9.27. The second-order valence-electron chi connectivity index (χ2n) is 3.86. The van der Waals surface area contributed by atoms with E-state index in [1.54, 1.807) is 12.5 Å². The van der Waals surface area contributed by atoms with Crippen LogP contribution in [0.5, 0.6) is 0 Å². The molecule has 3 nitrogen and oxygen atoms in total. The standard InChI is InChI=1S/C13H12N2O/c1-9(2)13-11(8-14)10(5-6-15-13)12-4-3-7-16-12/h3-7,9H,1-2H3. The number of hydrogen-bond acceptors (Lipinski definition) is 3. The van der Waals surface area contributed by atoms with Gasteiger partial charge in [0.15, 0.2) is 0 Å². The van der Waals surface area contributed by atoms with Crippen molar-refractivity contribution in [2.75, 3.05) is 0 Å². The molecular weight excluding hydrogens is 200 g/mol. The van der Waals surface area contributed by atoms with Crippen molar-refractivity contribution in [3.63, 3.8) is 0 Å². The first-order valence-electron chi connectivity index (χ1n) is 5.17. The Balaban J connectivity index is 2.64. The fraction of sp³-hybridized carbons (Fsp3) is 0.231. The van der Waals surface area contributed by atoms with Crippen LogP contribution in [0.15, 0.2) is 35.1 Å². The van der Waals surface area contributed by atoms with Crippen LogP contribution in [0.2, 0.25) is 0 Å². The molecule has 80 valence electrons. The molecule has 2 aromatic rings. The van der Waals surface area contributed by atoms with Gasteiger partial charge in [0.2, 0.25) is 0 Å². The molecule has 2 aromatic heterocycles. The molecule has 16 heavy (non-hydrogen) atoms. The van der Waals surface area contributed by atoms with Crippen LogP contribution >= 0.6 is 0 Å². The molecule has 0 saturated heterocycles. The van der Waals surface area contributed by atoms with Gasteiger partial charge >= 0.3 is 0 Å². The Morgan fingerprint density at radius 1 is 1.38 bits per heavy atom. The van der Waals surface area contributed by atoms with E-state index in [-0.39, 0.29) is 5.92 Å². The molecular formula is C13H12N2O. The smallest absolute Gasteiger partial charge is 0.135 e. The fourth-order valence-electron chi connectivity index (χ4n) is 1.67. The van der Waals surface area contributed by atoms with E-state index in [2.05, 4.69) is 11.1 Å². The Labute approximate surface area is 94.4 Å². The first kappa shape index (κ1) is 10.4. The molecule has 0 fully saturated rings. The topological polar surface area (TPSA) is 49.8 Å². The SMILES string of the molecule is CC(C)c1nccc(-c2ccco2)c1C#N. The Hall–Kier alpha value is -2.08. The lowest BCUT2D eigenvalue weighted by molar-refractivity contribution is 0.582. The largest absolute Gasteiger partial charge is 0.464 e. The number of nitriles is 1. The van der Waals surface area contributed by atoms with E-state index in [0.29, 0.717) is 11.3 Å². The predicted octanol–water partition coefficient (Wildman–Crippen LogP) is 3.34. The van der Waals surface area contributed by atoms with Gasteiger partial charge in [0.1, 0.15) is 11.8 Å². The summed E-state index contributed by atoms with van der Waals surface area (Å²) in [5.74, 6) is 0.936. The molecule has 0 amide bonds. The van der Waals surface area contributed by atoms with Crippen LogP contribution in [-0.4, -0.2) is 4.98 Å². The van der Waals surface area contributed by atoms with Gasteiger partial charge in [-0.25, -0.2) is 0 Å². The summed E-state index contributed by atoms with van der Waals surface area (Å²) >= 11 is 0. The lowest BCUT2D eigenvalue weighted by Crippen LogP contribution is -1.98. The highest BCUT2D eigenvalue weighted by atomic mass is 16.3. The van der Waals surface area contributed by atoms with E-state index < -0.39 is 0 Å². The van der Waals surface area contributed by atoms with Gasteiger partial charge in [-0.3, -0.25) is 4.98 Å². The Morgan fingerprint density at radius 3 is 2.75 bits per heavy atom. The number of aromatic nitrogens is 1. The normalized spacial score (nSPS) is 10.4. The Kier molecular flexibility index (Phi) is 2.74. The summed E-state index contributed by atoms with van der Waals surface area (Å²) in [6.45, 7) is 4.05. The first-order valence-corrected chi connectivity index (χ1v) is 5.17. The summed E-state index contributed by atoms with van der Waals surface area (Å²) in [6, 6.07) is 7.68. The van der Waals surface area contributed by atoms with Crippen LogP contribution in [0.4, 0.5) is 0 Å². The summed E-state index contributed by atoms with van der Waals surface area (Å²) in [4.78, 5) is 4.26. The second kappa shape index (κ2) is 4.19. The zero-order chi connectivity index (χ0) is 11.5. The van der Waals surface area contributed by atoms with Crippen molar-refractivity contribution < 1.29 is 4.42 Å². The lowest BCUT2D eigenvalue weighted by Gasteiger charge is -2.09. The minimum Gasteiger partial charge on any atom is -0.464 e. The van der Waals surface area contributed by atoms with Gasteiger partial charge in [0.05, 0.1) is 17.5 Å². The summed E-state index contributed by atoms with van der Waals surface area (Å²) in [5, 5.41) is 9.22. The number of furan rings is 1. The molecule has 3 heteroatoms. The lowest BCUT2D eigenvalue weighted by atomic mass is 9.99. The van der Waals surface area contributed by atoms with Gasteiger partial charge in [0.25, 0.3) is 0 Å². The van der Waals surface area contributed by atoms with Gasteiger partial charge in [-0.05, 0) is 24.1 Å². The maximum Gasteiger partial charge on any atom is 0.135 e. The van der Waals surface area contributed by atoms with Crippen LogP contribution in [0, 0.1) is 11.3 Å². The van der Waals surface area contributed by atoms with E-state index in [0.717, 1.165) is 11.3 Å². The number of hydrogen-bond donors (Lipinski definition) is 0. The van der Waals surface area contributed by atoms with Gasteiger partial charge in [-0.1, -0.05) is 13.8 Å². The van der Waals surface area contributed by atoms with Crippen molar-refractivity contribution >= 4 is 0 Å². The third-order valence-corrected chi connectivity index (χ3v) is 2.43. The molecule has 0 aliphatic heterocycles. The summed E-state index contributed by atoms with van der Waals surface area (Å²) in [7, 11) is 0. The van der Waals surface area contributed by atoms with Crippen molar-refractivity contribution in [2.45, 2.75) is 19.8 Å². The maximum atomic E-state index is 9.22. The van der Waals surface area contributed by atoms with Gasteiger partial charge in [0, 0.05) is 11.8 Å². The molecule has 0 N–H and O–H groups in total. The quantitative estimate of drug-likeness (QED) is 0.767. The fourth-order valence-corrected chi connectivity index (χ4v) is 1.67. The molecule has 2 heterocycles. The minimum atomic E-state index is 0.226. The Bertz CT molecular complexity index is 521. The average Bonchev–Trinajstić information content (AvgIpc) is 2.81. The van der Waals surface area contributed by atoms with Crippen molar-refractivity contribution in [2.24, 2.45) is 0 Å². The molecule has 0 aliphatic carbocycles. The molecule has 0 unspecified atom stereocenters. The van der Waals surface area contributed by atoms with Crippen molar-refractivity contribution in [1.82, 2.24) is 4.98 Å². The maximum absolute atomic E-state index is 9.22. The summed E-state index contributed by atoms with van der Waals surface area (Å²) < 4.78 is 5.32. The highest BCUT2D eigenvalue weighted by Gasteiger charge is 2.14. The highest BCUT2D eigenvalue weighted by molar-refractivity contribution is 5.67. The molecule has 2 rings (SSSR count). The van der Waals surface area contributed by atoms with Crippen molar-refractivity contribution in [3.8, 4) is 17.4 Å². The van der Waals surface area contributed by atoms with E-state index in [1.807, 2.05) is 32.0 Å². The van der Waals surface area contributed by atoms with Gasteiger partial charge in [-0.2, -0.15) is 5.26 Å². The third-order valence-electron chi connectivity index (χ3n) is 2.43. The molecule has 0 saturated carbocycles. The van der Waals surface area contributed by atoms with Gasteiger partial charge < -0.3 is 4.42 Å². The van der Waals surface area contributed by atoms with E-state index >= 15 is 0 Å². The molecule has 0 radical (unpaired) electrons. The van der Waals surface area contributed by atoms with Crippen LogP contribution in [-0.2, 0) is 0 Å². The van der Waals surface area contributed by atoms with E-state index in [9.17, 15) is 5.26 Å². The molecule has 0 aromatic carbocycles. The van der Waals surface area contributed by atoms with E-state index in [1.165, 1.54) is 0 Å². The monoisotopic (exact) mass is 212 g/mol. The van der Waals surface area contributed by atoms with Gasteiger partial charge in [-0.15, -0.1) is 0 Å². The van der Waals surface area contributed by atoms with Crippen molar-refractivity contribution in [3.05, 3.63) is 41.9 Å². The second-order valence-corrected chi connectivity index (χ2v) is 3.86. The minimum absolute atomic E-state index is 0.226. The van der Waals surface area contributed by atoms with E-state index in [4.69, 9.17) is 4.42 Å². The molecule has 0 atom stereocenters. The first-order chi connectivity index (χ1) is 7.74. The molecule has 0 spiro atoms. The Morgan fingerprint density at radius 2 is 2.19 bits per heavy atom. The number of rotatable bonds is 2. The summed E-state index contributed by atoms with van der Waals surface area (Å²) in [5.41, 5.74) is 2.23. The van der Waals surface area contributed by atoms with Crippen LogP contribution in [0.1, 0.15) is 31.0 Å². The molecule has 0 aliphatic rings. The third kappa shape index (κ3) is 1.70. The van der Waals surface area contributed by atoms with Crippen LogP contribution < -0.4 is 0 Å². The molecule has 0 bridgehead atoms.